The van der Waals surface area contributed by atoms with Crippen molar-refractivity contribution in [2.45, 2.75) is 37.5 Å². The number of rotatable bonds is 10. The Kier molecular flexibility index (Phi) is 8.30. The maximum atomic E-state index is 11.3. The van der Waals surface area contributed by atoms with E-state index in [4.69, 9.17) is 10.7 Å². The summed E-state index contributed by atoms with van der Waals surface area (Å²) in [5, 5.41) is 36.1. The third-order valence-corrected chi connectivity index (χ3v) is 5.10. The number of hydrogen-bond donors (Lipinski definition) is 1. The second-order valence-corrected chi connectivity index (χ2v) is 6.91. The van der Waals surface area contributed by atoms with Crippen molar-refractivity contribution < 1.29 is 9.53 Å². The lowest BCUT2D eigenvalue weighted by atomic mass is 9.72. The van der Waals surface area contributed by atoms with Crippen molar-refractivity contribution in [3.63, 3.8) is 0 Å². The normalized spacial score (nSPS) is 11.4. The second-order valence-electron chi connectivity index (χ2n) is 6.91. The van der Waals surface area contributed by atoms with Crippen molar-refractivity contribution in [2.75, 3.05) is 0 Å². The zero-order valence-corrected chi connectivity index (χ0v) is 16.5. The highest BCUT2D eigenvalue weighted by Gasteiger charge is 2.34. The van der Waals surface area contributed by atoms with Gasteiger partial charge in [-0.3, -0.25) is 4.79 Å². The monoisotopic (exact) mass is 398 g/mol. The predicted octanol–water partition coefficient (Wildman–Crippen LogP) is 4.63. The maximum absolute atomic E-state index is 11.3. The summed E-state index contributed by atoms with van der Waals surface area (Å²) in [6.45, 7) is 0. The number of hydrogen-bond acceptors (Lipinski definition) is 6. The molecule has 0 saturated carbocycles. The van der Waals surface area contributed by atoms with Crippen molar-refractivity contribution in [3.8, 4) is 18.4 Å². The van der Waals surface area contributed by atoms with E-state index in [0.29, 0.717) is 19.3 Å². The molecule has 2 rings (SSSR count). The van der Waals surface area contributed by atoms with Gasteiger partial charge in [-0.25, -0.2) is 0 Å². The Morgan fingerprint density at radius 3 is 2.00 bits per heavy atom. The van der Waals surface area contributed by atoms with E-state index in [0.717, 1.165) is 11.1 Å². The lowest BCUT2D eigenvalue weighted by Crippen LogP contribution is -2.26. The van der Waals surface area contributed by atoms with Gasteiger partial charge in [-0.15, -0.1) is 5.26 Å². The number of carbonyl (C=O) groups excluding carboxylic acids is 1. The van der Waals surface area contributed by atoms with Crippen molar-refractivity contribution in [3.05, 3.63) is 71.8 Å². The van der Waals surface area contributed by atoms with Gasteiger partial charge in [0.15, 0.2) is 0 Å². The second kappa shape index (κ2) is 11.1. The van der Waals surface area contributed by atoms with Crippen LogP contribution >= 0.6 is 0 Å². The van der Waals surface area contributed by atoms with E-state index < -0.39 is 17.3 Å². The highest BCUT2D eigenvalue weighted by Crippen LogP contribution is 2.36. The molecule has 0 aromatic heterocycles. The van der Waals surface area contributed by atoms with Crippen LogP contribution < -0.4 is 0 Å². The summed E-state index contributed by atoms with van der Waals surface area (Å²) in [4.78, 5) is 11.3. The van der Waals surface area contributed by atoms with Crippen LogP contribution in [-0.4, -0.2) is 11.7 Å². The molecular formula is C24H22N4O2. The molecule has 0 saturated heterocycles. The molecule has 2 aromatic rings. The first-order valence-electron chi connectivity index (χ1n) is 9.65. The van der Waals surface area contributed by atoms with Gasteiger partial charge in [0, 0.05) is 12.1 Å². The molecule has 0 aliphatic carbocycles. The van der Waals surface area contributed by atoms with Crippen molar-refractivity contribution in [2.24, 2.45) is 5.92 Å². The molecule has 0 heterocycles. The average Bonchev–Trinajstić information content (AvgIpc) is 2.79. The Morgan fingerprint density at radius 2 is 1.53 bits per heavy atom. The first-order valence-corrected chi connectivity index (χ1v) is 9.65. The Balaban J connectivity index is 2.11. The Hall–Kier alpha value is -3.95. The molecule has 2 aromatic carbocycles. The fourth-order valence-electron chi connectivity index (χ4n) is 3.48. The number of ether oxygens (including phenoxy) is 1. The standard InChI is InChI=1S/C24H22N4O2/c25-16-19(13-14-23(29)30-18-27)22(28)12-7-15-24(17-26,20-8-3-1-4-9-20)21-10-5-2-6-11-21/h1-6,8-11,19,28H,7,12-15H2. The minimum absolute atomic E-state index is 0.0929. The van der Waals surface area contributed by atoms with E-state index >= 15 is 0 Å². The van der Waals surface area contributed by atoms with Gasteiger partial charge in [0.25, 0.3) is 6.26 Å². The minimum Gasteiger partial charge on any atom is -0.351 e. The number of carbonyl (C=O) groups is 1. The number of nitrogens with zero attached hydrogens (tertiary/aromatic N) is 3. The number of esters is 1. The summed E-state index contributed by atoms with van der Waals surface area (Å²) >= 11 is 0. The topological polar surface area (TPSA) is 122 Å². The van der Waals surface area contributed by atoms with Crippen molar-refractivity contribution in [1.82, 2.24) is 0 Å². The highest BCUT2D eigenvalue weighted by molar-refractivity contribution is 5.86. The van der Waals surface area contributed by atoms with E-state index in [2.05, 4.69) is 10.8 Å². The van der Waals surface area contributed by atoms with E-state index in [9.17, 15) is 15.3 Å². The van der Waals surface area contributed by atoms with Crippen LogP contribution in [-0.2, 0) is 14.9 Å². The summed E-state index contributed by atoms with van der Waals surface area (Å²) in [7, 11) is 0. The molecule has 1 atom stereocenters. The summed E-state index contributed by atoms with van der Waals surface area (Å²) < 4.78 is 4.21. The SMILES string of the molecule is N#COC(=O)CCC(C#N)C(=N)CCCC(C#N)(c1ccccc1)c1ccccc1. The molecule has 0 aliphatic heterocycles. The van der Waals surface area contributed by atoms with Crippen LogP contribution in [0, 0.1) is 45.5 Å². The van der Waals surface area contributed by atoms with Gasteiger partial charge >= 0.3 is 5.97 Å². The van der Waals surface area contributed by atoms with Gasteiger partial charge in [0.05, 0.1) is 18.1 Å². The predicted molar refractivity (Wildman–Crippen MR) is 111 cm³/mol. The van der Waals surface area contributed by atoms with Gasteiger partial charge in [-0.05, 0) is 36.8 Å². The molecule has 6 heteroatoms. The van der Waals surface area contributed by atoms with Crippen molar-refractivity contribution in [1.29, 1.82) is 21.2 Å². The van der Waals surface area contributed by atoms with Crippen LogP contribution in [0.5, 0.6) is 0 Å². The minimum atomic E-state index is -0.846. The molecule has 1 unspecified atom stereocenters. The van der Waals surface area contributed by atoms with Crippen LogP contribution in [0.4, 0.5) is 0 Å². The summed E-state index contributed by atoms with van der Waals surface area (Å²) in [5.74, 6) is -1.43. The highest BCUT2D eigenvalue weighted by atomic mass is 16.5. The summed E-state index contributed by atoms with van der Waals surface area (Å²) in [6.07, 6.45) is 2.73. The molecule has 0 bridgehead atoms. The third kappa shape index (κ3) is 5.53. The smallest absolute Gasteiger partial charge is 0.321 e. The maximum Gasteiger partial charge on any atom is 0.321 e. The van der Waals surface area contributed by atoms with Gasteiger partial charge in [0.1, 0.15) is 5.41 Å². The molecule has 150 valence electrons. The Labute approximate surface area is 176 Å². The van der Waals surface area contributed by atoms with Crippen LogP contribution in [0.3, 0.4) is 0 Å². The van der Waals surface area contributed by atoms with E-state index in [1.807, 2.05) is 66.7 Å². The fourth-order valence-corrected chi connectivity index (χ4v) is 3.48. The number of benzene rings is 2. The number of nitrogens with one attached hydrogen (secondary N) is 1. The van der Waals surface area contributed by atoms with Gasteiger partial charge < -0.3 is 10.1 Å². The molecular weight excluding hydrogens is 376 g/mol. The molecule has 6 nitrogen and oxygen atoms in total. The first-order chi connectivity index (χ1) is 14.6. The number of nitriles is 3. The quantitative estimate of drug-likeness (QED) is 0.355. The zero-order chi connectivity index (χ0) is 21.8. The molecule has 0 radical (unpaired) electrons. The van der Waals surface area contributed by atoms with Crippen LogP contribution in [0.25, 0.3) is 0 Å². The van der Waals surface area contributed by atoms with Crippen molar-refractivity contribution >= 4 is 11.7 Å². The van der Waals surface area contributed by atoms with E-state index in [1.54, 1.807) is 0 Å². The first kappa shape index (κ1) is 22.3. The van der Waals surface area contributed by atoms with E-state index in [1.165, 1.54) is 6.26 Å². The molecule has 0 aliphatic rings. The van der Waals surface area contributed by atoms with Crippen LogP contribution in [0.15, 0.2) is 60.7 Å². The molecule has 0 fully saturated rings. The van der Waals surface area contributed by atoms with Gasteiger partial charge in [0.2, 0.25) is 0 Å². The van der Waals surface area contributed by atoms with E-state index in [-0.39, 0.29) is 18.6 Å². The molecule has 1 N–H and O–H groups in total. The molecule has 30 heavy (non-hydrogen) atoms. The summed E-state index contributed by atoms with van der Waals surface area (Å²) in [5.41, 5.74) is 1.15. The van der Waals surface area contributed by atoms with Gasteiger partial charge in [-0.2, -0.15) is 10.5 Å². The largest absolute Gasteiger partial charge is 0.351 e. The third-order valence-electron chi connectivity index (χ3n) is 5.10. The Morgan fingerprint density at radius 1 is 0.967 bits per heavy atom. The lowest BCUT2D eigenvalue weighted by Gasteiger charge is -2.28. The fraction of sp³-hybridized carbons (Fsp3) is 0.292. The lowest BCUT2D eigenvalue weighted by molar-refractivity contribution is -0.137. The van der Waals surface area contributed by atoms with Crippen LogP contribution in [0.1, 0.15) is 43.2 Å². The summed E-state index contributed by atoms with van der Waals surface area (Å²) in [6, 6.07) is 23.7. The molecule has 0 spiro atoms. The zero-order valence-electron chi connectivity index (χ0n) is 16.5. The Bertz CT molecular complexity index is 942. The molecule has 0 amide bonds. The average molecular weight is 398 g/mol. The van der Waals surface area contributed by atoms with Gasteiger partial charge in [-0.1, -0.05) is 60.7 Å². The van der Waals surface area contributed by atoms with Crippen LogP contribution in [0.2, 0.25) is 0 Å².